The molecule has 0 saturated carbocycles. The topological polar surface area (TPSA) is 60.5 Å². The summed E-state index contributed by atoms with van der Waals surface area (Å²) >= 11 is 1.58. The molecule has 3 aromatic rings. The lowest BCUT2D eigenvalue weighted by Crippen LogP contribution is -2.20. The number of nitrogens with zero attached hydrogens (tertiary/aromatic N) is 1. The molecule has 5 nitrogen and oxygen atoms in total. The first kappa shape index (κ1) is 19.6. The highest BCUT2D eigenvalue weighted by molar-refractivity contribution is 7.13. The molecule has 1 heterocycles. The van der Waals surface area contributed by atoms with Gasteiger partial charge in [0.1, 0.15) is 16.5 Å². The lowest BCUT2D eigenvalue weighted by Gasteiger charge is -2.07. The van der Waals surface area contributed by atoms with Crippen LogP contribution in [0.2, 0.25) is 0 Å². The minimum absolute atomic E-state index is 0.199. The Morgan fingerprint density at radius 2 is 2.00 bits per heavy atom. The highest BCUT2D eigenvalue weighted by Crippen LogP contribution is 2.27. The number of hydrogen-bond acceptors (Lipinski definition) is 5. The van der Waals surface area contributed by atoms with Crippen LogP contribution in [0.5, 0.6) is 11.5 Å². The van der Waals surface area contributed by atoms with E-state index >= 15 is 0 Å². The summed E-state index contributed by atoms with van der Waals surface area (Å²) in [6, 6.07) is 13.6. The summed E-state index contributed by atoms with van der Waals surface area (Å²) in [5.41, 5.74) is 3.91. The Labute approximate surface area is 168 Å². The van der Waals surface area contributed by atoms with Crippen LogP contribution >= 0.6 is 11.3 Å². The molecule has 1 amide bonds. The molecular weight excluding hydrogens is 372 g/mol. The van der Waals surface area contributed by atoms with Gasteiger partial charge in [-0.3, -0.25) is 4.79 Å². The summed E-state index contributed by atoms with van der Waals surface area (Å²) in [5.74, 6) is 1.18. The summed E-state index contributed by atoms with van der Waals surface area (Å²) in [5, 5.41) is 5.79. The van der Waals surface area contributed by atoms with Crippen LogP contribution in [0.15, 0.2) is 53.9 Å². The van der Waals surface area contributed by atoms with Crippen LogP contribution in [0.1, 0.15) is 16.8 Å². The van der Waals surface area contributed by atoms with E-state index in [1.165, 1.54) is 11.6 Å². The van der Waals surface area contributed by atoms with Crippen molar-refractivity contribution in [1.82, 2.24) is 10.3 Å². The molecule has 0 radical (unpaired) electrons. The zero-order valence-electron chi connectivity index (χ0n) is 16.1. The number of benzene rings is 2. The number of amides is 1. The predicted molar refractivity (Wildman–Crippen MR) is 113 cm³/mol. The zero-order chi connectivity index (χ0) is 19.9. The van der Waals surface area contributed by atoms with E-state index in [0.717, 1.165) is 21.8 Å². The minimum Gasteiger partial charge on any atom is -0.497 e. The number of carbonyl (C=O) groups is 1. The molecule has 0 atom stereocenters. The van der Waals surface area contributed by atoms with Gasteiger partial charge in [-0.05, 0) is 36.8 Å². The Balaban J connectivity index is 1.62. The van der Waals surface area contributed by atoms with Gasteiger partial charge in [-0.2, -0.15) is 0 Å². The Morgan fingerprint density at radius 1 is 1.18 bits per heavy atom. The Bertz CT molecular complexity index is 995. The van der Waals surface area contributed by atoms with Gasteiger partial charge in [-0.1, -0.05) is 24.3 Å². The molecule has 1 aromatic heterocycles. The van der Waals surface area contributed by atoms with Crippen molar-refractivity contribution in [2.24, 2.45) is 0 Å². The summed E-state index contributed by atoms with van der Waals surface area (Å²) in [7, 11) is 3.19. The SMILES string of the molecule is COc1ccc(OC)c(/C=C/C(=O)NCc2csc(-c3ccccc3C)n2)c1. The van der Waals surface area contributed by atoms with E-state index in [0.29, 0.717) is 18.0 Å². The van der Waals surface area contributed by atoms with E-state index in [1.54, 1.807) is 37.7 Å². The Kier molecular flexibility index (Phi) is 6.45. The van der Waals surface area contributed by atoms with E-state index < -0.39 is 0 Å². The van der Waals surface area contributed by atoms with Crippen molar-refractivity contribution in [3.63, 3.8) is 0 Å². The summed E-state index contributed by atoms with van der Waals surface area (Å²) in [6.45, 7) is 2.44. The van der Waals surface area contributed by atoms with Gasteiger partial charge in [0.25, 0.3) is 0 Å². The van der Waals surface area contributed by atoms with Crippen LogP contribution < -0.4 is 14.8 Å². The third-order valence-electron chi connectivity index (χ3n) is 4.22. The largest absolute Gasteiger partial charge is 0.497 e. The van der Waals surface area contributed by atoms with Gasteiger partial charge in [-0.15, -0.1) is 11.3 Å². The van der Waals surface area contributed by atoms with Crippen LogP contribution in [0, 0.1) is 6.92 Å². The van der Waals surface area contributed by atoms with Crippen LogP contribution in [0.4, 0.5) is 0 Å². The quantitative estimate of drug-likeness (QED) is 0.601. The highest BCUT2D eigenvalue weighted by atomic mass is 32.1. The molecule has 3 rings (SSSR count). The van der Waals surface area contributed by atoms with Crippen molar-refractivity contribution >= 4 is 23.3 Å². The van der Waals surface area contributed by atoms with Crippen LogP contribution in [-0.2, 0) is 11.3 Å². The van der Waals surface area contributed by atoms with Gasteiger partial charge in [0.15, 0.2) is 0 Å². The van der Waals surface area contributed by atoms with Crippen molar-refractivity contribution in [2.75, 3.05) is 14.2 Å². The fraction of sp³-hybridized carbons (Fsp3) is 0.182. The van der Waals surface area contributed by atoms with Gasteiger partial charge in [-0.25, -0.2) is 4.98 Å². The summed E-state index contributed by atoms with van der Waals surface area (Å²) < 4.78 is 10.5. The molecule has 0 fully saturated rings. The van der Waals surface area contributed by atoms with E-state index in [9.17, 15) is 4.79 Å². The first-order valence-corrected chi connectivity index (χ1v) is 9.67. The van der Waals surface area contributed by atoms with Crippen molar-refractivity contribution in [2.45, 2.75) is 13.5 Å². The third kappa shape index (κ3) is 4.78. The van der Waals surface area contributed by atoms with Gasteiger partial charge < -0.3 is 14.8 Å². The predicted octanol–water partition coefficient (Wildman–Crippen LogP) is 4.47. The van der Waals surface area contributed by atoms with Crippen molar-refractivity contribution in [3.05, 3.63) is 70.7 Å². The molecule has 28 heavy (non-hydrogen) atoms. The second-order valence-corrected chi connectivity index (χ2v) is 6.98. The lowest BCUT2D eigenvalue weighted by molar-refractivity contribution is -0.116. The molecular formula is C22H22N2O3S. The average Bonchev–Trinajstić information content (AvgIpc) is 3.19. The zero-order valence-corrected chi connectivity index (χ0v) is 16.9. The van der Waals surface area contributed by atoms with E-state index in [2.05, 4.69) is 29.4 Å². The van der Waals surface area contributed by atoms with E-state index in [1.807, 2.05) is 29.6 Å². The molecule has 0 spiro atoms. The van der Waals surface area contributed by atoms with Gasteiger partial charge in [0, 0.05) is 22.6 Å². The molecule has 0 aliphatic rings. The van der Waals surface area contributed by atoms with Gasteiger partial charge in [0.05, 0.1) is 26.5 Å². The fourth-order valence-electron chi connectivity index (χ4n) is 2.70. The number of aryl methyl sites for hydroxylation is 1. The monoisotopic (exact) mass is 394 g/mol. The highest BCUT2D eigenvalue weighted by Gasteiger charge is 2.08. The Hall–Kier alpha value is -3.12. The molecule has 0 aliphatic heterocycles. The maximum absolute atomic E-state index is 12.2. The first-order chi connectivity index (χ1) is 13.6. The number of rotatable bonds is 7. The molecule has 0 unspecified atom stereocenters. The number of aromatic nitrogens is 1. The van der Waals surface area contributed by atoms with E-state index in [-0.39, 0.29) is 5.91 Å². The van der Waals surface area contributed by atoms with Crippen molar-refractivity contribution in [3.8, 4) is 22.1 Å². The third-order valence-corrected chi connectivity index (χ3v) is 5.15. The van der Waals surface area contributed by atoms with Crippen molar-refractivity contribution in [1.29, 1.82) is 0 Å². The Morgan fingerprint density at radius 3 is 2.75 bits per heavy atom. The standard InChI is InChI=1S/C22H22N2O3S/c1-15-6-4-5-7-19(15)22-24-17(14-28-22)13-23-21(25)11-8-16-12-18(26-2)9-10-20(16)27-3/h4-12,14H,13H2,1-3H3,(H,23,25)/b11-8+. The molecule has 6 heteroatoms. The smallest absolute Gasteiger partial charge is 0.244 e. The number of carbonyl (C=O) groups excluding carboxylic acids is 1. The van der Waals surface area contributed by atoms with Gasteiger partial charge >= 0.3 is 0 Å². The maximum atomic E-state index is 12.2. The number of ether oxygens (including phenoxy) is 2. The average molecular weight is 394 g/mol. The normalized spacial score (nSPS) is 10.8. The number of nitrogens with one attached hydrogen (secondary N) is 1. The van der Waals surface area contributed by atoms with Crippen LogP contribution in [0.3, 0.4) is 0 Å². The molecule has 144 valence electrons. The molecule has 0 saturated heterocycles. The second-order valence-electron chi connectivity index (χ2n) is 6.12. The van der Waals surface area contributed by atoms with Crippen LogP contribution in [0.25, 0.3) is 16.6 Å². The number of thiazole rings is 1. The summed E-state index contributed by atoms with van der Waals surface area (Å²) in [4.78, 5) is 16.8. The maximum Gasteiger partial charge on any atom is 0.244 e. The molecule has 2 aromatic carbocycles. The summed E-state index contributed by atoms with van der Waals surface area (Å²) in [6.07, 6.45) is 3.18. The van der Waals surface area contributed by atoms with Gasteiger partial charge in [0.2, 0.25) is 5.91 Å². The molecule has 0 aliphatic carbocycles. The number of hydrogen-bond donors (Lipinski definition) is 1. The fourth-order valence-corrected chi connectivity index (χ4v) is 3.61. The van der Waals surface area contributed by atoms with Crippen LogP contribution in [-0.4, -0.2) is 25.1 Å². The minimum atomic E-state index is -0.199. The lowest BCUT2D eigenvalue weighted by atomic mass is 10.1. The molecule has 1 N–H and O–H groups in total. The molecule has 0 bridgehead atoms. The van der Waals surface area contributed by atoms with E-state index in [4.69, 9.17) is 9.47 Å². The first-order valence-electron chi connectivity index (χ1n) is 8.79. The number of methoxy groups -OCH3 is 2. The second kappa shape index (κ2) is 9.19. The van der Waals surface area contributed by atoms with Crippen molar-refractivity contribution < 1.29 is 14.3 Å².